The molecule has 0 bridgehead atoms. The summed E-state index contributed by atoms with van der Waals surface area (Å²) in [7, 11) is -1.37. The molecule has 1 unspecified atom stereocenters. The van der Waals surface area contributed by atoms with Gasteiger partial charge in [-0.2, -0.15) is 0 Å². The second-order valence-electron chi connectivity index (χ2n) is 6.55. The second-order valence-corrected chi connectivity index (χ2v) is 8.78. The van der Waals surface area contributed by atoms with Crippen LogP contribution in [-0.2, 0) is 25.8 Å². The molecule has 6 nitrogen and oxygen atoms in total. The Kier molecular flexibility index (Phi) is 6.58. The minimum atomic E-state index is -3.02. The number of sulfone groups is 1. The molecule has 138 valence electrons. The predicted octanol–water partition coefficient (Wildman–Crippen LogP) is 1.11. The third-order valence-corrected chi connectivity index (χ3v) is 6.45. The standard InChI is InChI=1S/C18H26N2O4S/c1-15(21)20(11-8-16-6-4-3-5-7-16)12-9-18(22)19(2)17-10-13-25(23,24)14-17/h3-7,17H,8-14H2,1-2H3. The fourth-order valence-electron chi connectivity index (χ4n) is 3.03. The van der Waals surface area contributed by atoms with Crippen LogP contribution in [0.15, 0.2) is 30.3 Å². The lowest BCUT2D eigenvalue weighted by atomic mass is 10.1. The number of hydrogen-bond donors (Lipinski definition) is 0. The molecule has 2 rings (SSSR count). The van der Waals surface area contributed by atoms with Gasteiger partial charge in [0.15, 0.2) is 9.84 Å². The van der Waals surface area contributed by atoms with Crippen molar-refractivity contribution >= 4 is 21.7 Å². The molecule has 1 aliphatic heterocycles. The van der Waals surface area contributed by atoms with E-state index in [4.69, 9.17) is 0 Å². The van der Waals surface area contributed by atoms with Gasteiger partial charge in [-0.05, 0) is 18.4 Å². The molecule has 0 aromatic heterocycles. The SMILES string of the molecule is CC(=O)N(CCC(=O)N(C)C1CCS(=O)(=O)C1)CCc1ccccc1. The quantitative estimate of drug-likeness (QED) is 0.725. The van der Waals surface area contributed by atoms with Crippen molar-refractivity contribution in [1.82, 2.24) is 9.80 Å². The zero-order chi connectivity index (χ0) is 18.4. The Balaban J connectivity index is 1.83. The van der Waals surface area contributed by atoms with Crippen LogP contribution in [0.25, 0.3) is 0 Å². The molecule has 1 aromatic rings. The summed E-state index contributed by atoms with van der Waals surface area (Å²) in [5, 5.41) is 0. The summed E-state index contributed by atoms with van der Waals surface area (Å²) < 4.78 is 23.1. The average Bonchev–Trinajstić information content (AvgIpc) is 2.94. The summed E-state index contributed by atoms with van der Waals surface area (Å²) in [6, 6.07) is 9.65. The van der Waals surface area contributed by atoms with Gasteiger partial charge in [0, 0.05) is 39.5 Å². The summed E-state index contributed by atoms with van der Waals surface area (Å²) >= 11 is 0. The number of nitrogens with zero attached hydrogens (tertiary/aromatic N) is 2. The summed E-state index contributed by atoms with van der Waals surface area (Å²) in [5.74, 6) is 0.00823. The van der Waals surface area contributed by atoms with Crippen molar-refractivity contribution in [3.8, 4) is 0 Å². The number of carbonyl (C=O) groups excluding carboxylic acids is 2. The number of benzene rings is 1. The summed E-state index contributed by atoms with van der Waals surface area (Å²) in [4.78, 5) is 27.3. The summed E-state index contributed by atoms with van der Waals surface area (Å²) in [6.45, 7) is 2.42. The number of amides is 2. The molecule has 0 N–H and O–H groups in total. The molecule has 1 fully saturated rings. The van der Waals surface area contributed by atoms with Crippen LogP contribution in [0.2, 0.25) is 0 Å². The molecule has 25 heavy (non-hydrogen) atoms. The highest BCUT2D eigenvalue weighted by atomic mass is 32.2. The number of carbonyl (C=O) groups is 2. The lowest BCUT2D eigenvalue weighted by Gasteiger charge is -2.26. The van der Waals surface area contributed by atoms with Crippen molar-refractivity contribution < 1.29 is 18.0 Å². The molecule has 0 spiro atoms. The normalized spacial score (nSPS) is 18.7. The molecule has 0 aliphatic carbocycles. The van der Waals surface area contributed by atoms with Gasteiger partial charge >= 0.3 is 0 Å². The highest BCUT2D eigenvalue weighted by Gasteiger charge is 2.32. The highest BCUT2D eigenvalue weighted by Crippen LogP contribution is 2.17. The lowest BCUT2D eigenvalue weighted by Crippen LogP contribution is -2.40. The van der Waals surface area contributed by atoms with Crippen molar-refractivity contribution in [2.24, 2.45) is 0 Å². The first-order valence-corrected chi connectivity index (χ1v) is 10.4. The second kappa shape index (κ2) is 8.47. The molecule has 1 atom stereocenters. The fourth-order valence-corrected chi connectivity index (χ4v) is 4.80. The van der Waals surface area contributed by atoms with Crippen molar-refractivity contribution in [1.29, 1.82) is 0 Å². The average molecular weight is 366 g/mol. The van der Waals surface area contributed by atoms with E-state index in [1.165, 1.54) is 11.8 Å². The number of rotatable bonds is 7. The predicted molar refractivity (Wildman–Crippen MR) is 96.8 cm³/mol. The van der Waals surface area contributed by atoms with Gasteiger partial charge in [-0.15, -0.1) is 0 Å². The molecule has 7 heteroatoms. The van der Waals surface area contributed by atoms with E-state index < -0.39 is 9.84 Å². The monoisotopic (exact) mass is 366 g/mol. The first-order chi connectivity index (χ1) is 11.8. The molecule has 2 amide bonds. The highest BCUT2D eigenvalue weighted by molar-refractivity contribution is 7.91. The van der Waals surface area contributed by atoms with E-state index in [1.807, 2.05) is 30.3 Å². The first kappa shape index (κ1) is 19.4. The van der Waals surface area contributed by atoms with Gasteiger partial charge in [-0.1, -0.05) is 30.3 Å². The fraction of sp³-hybridized carbons (Fsp3) is 0.556. The van der Waals surface area contributed by atoms with E-state index in [0.29, 0.717) is 19.5 Å². The minimum Gasteiger partial charge on any atom is -0.342 e. The van der Waals surface area contributed by atoms with Crippen LogP contribution >= 0.6 is 0 Å². The van der Waals surface area contributed by atoms with Crippen LogP contribution in [0, 0.1) is 0 Å². The first-order valence-electron chi connectivity index (χ1n) is 8.54. The molecular weight excluding hydrogens is 340 g/mol. The Morgan fingerprint density at radius 1 is 1.16 bits per heavy atom. The Hall–Kier alpha value is -1.89. The van der Waals surface area contributed by atoms with Gasteiger partial charge in [0.2, 0.25) is 11.8 Å². The third-order valence-electron chi connectivity index (χ3n) is 4.70. The summed E-state index contributed by atoms with van der Waals surface area (Å²) in [5.41, 5.74) is 1.15. The van der Waals surface area contributed by atoms with Gasteiger partial charge in [0.05, 0.1) is 11.5 Å². The topological polar surface area (TPSA) is 74.8 Å². The smallest absolute Gasteiger partial charge is 0.224 e. The Bertz CT molecular complexity index is 703. The van der Waals surface area contributed by atoms with Crippen molar-refractivity contribution in [2.45, 2.75) is 32.2 Å². The Morgan fingerprint density at radius 2 is 1.84 bits per heavy atom. The van der Waals surface area contributed by atoms with Gasteiger partial charge < -0.3 is 9.80 Å². The van der Waals surface area contributed by atoms with Crippen molar-refractivity contribution in [3.05, 3.63) is 35.9 Å². The Labute approximate surface area is 149 Å². The summed E-state index contributed by atoms with van der Waals surface area (Å²) in [6.07, 6.45) is 1.45. The van der Waals surface area contributed by atoms with Crippen LogP contribution < -0.4 is 0 Å². The molecule has 1 aliphatic rings. The lowest BCUT2D eigenvalue weighted by molar-refractivity contribution is -0.133. The van der Waals surface area contributed by atoms with Gasteiger partial charge in [-0.3, -0.25) is 9.59 Å². The van der Waals surface area contributed by atoms with Gasteiger partial charge in [0.1, 0.15) is 0 Å². The zero-order valence-electron chi connectivity index (χ0n) is 14.8. The van der Waals surface area contributed by atoms with E-state index in [1.54, 1.807) is 11.9 Å². The van der Waals surface area contributed by atoms with Gasteiger partial charge in [-0.25, -0.2) is 8.42 Å². The molecule has 1 saturated heterocycles. The maximum Gasteiger partial charge on any atom is 0.224 e. The van der Waals surface area contributed by atoms with Crippen LogP contribution in [-0.4, -0.2) is 67.7 Å². The molecule has 1 heterocycles. The maximum absolute atomic E-state index is 12.3. The third kappa shape index (κ3) is 5.85. The maximum atomic E-state index is 12.3. The van der Waals surface area contributed by atoms with Gasteiger partial charge in [0.25, 0.3) is 0 Å². The zero-order valence-corrected chi connectivity index (χ0v) is 15.7. The number of hydrogen-bond acceptors (Lipinski definition) is 4. The van der Waals surface area contributed by atoms with E-state index in [-0.39, 0.29) is 35.8 Å². The van der Waals surface area contributed by atoms with Crippen LogP contribution in [0.3, 0.4) is 0 Å². The molecule has 1 aromatic carbocycles. The molecular formula is C18H26N2O4S. The minimum absolute atomic E-state index is 0.0413. The largest absolute Gasteiger partial charge is 0.342 e. The van der Waals surface area contributed by atoms with E-state index in [9.17, 15) is 18.0 Å². The van der Waals surface area contributed by atoms with Crippen LogP contribution in [0.4, 0.5) is 0 Å². The van der Waals surface area contributed by atoms with E-state index in [2.05, 4.69) is 0 Å². The van der Waals surface area contributed by atoms with Crippen molar-refractivity contribution in [3.63, 3.8) is 0 Å². The molecule has 0 radical (unpaired) electrons. The van der Waals surface area contributed by atoms with Crippen LogP contribution in [0.1, 0.15) is 25.3 Å². The van der Waals surface area contributed by atoms with E-state index in [0.717, 1.165) is 12.0 Å². The van der Waals surface area contributed by atoms with Crippen LogP contribution in [0.5, 0.6) is 0 Å². The molecule has 0 saturated carbocycles. The van der Waals surface area contributed by atoms with E-state index >= 15 is 0 Å². The Morgan fingerprint density at radius 3 is 2.40 bits per heavy atom. The van der Waals surface area contributed by atoms with Crippen molar-refractivity contribution in [2.75, 3.05) is 31.6 Å².